The molecule has 2 fully saturated rings. The Bertz CT molecular complexity index is 989. The third-order valence-corrected chi connectivity index (χ3v) is 8.89. The fourth-order valence-electron chi connectivity index (χ4n) is 6.69. The van der Waals surface area contributed by atoms with Crippen LogP contribution in [-0.4, -0.2) is 79.3 Å². The van der Waals surface area contributed by atoms with Crippen molar-refractivity contribution in [2.75, 3.05) is 40.3 Å². The van der Waals surface area contributed by atoms with Crippen LogP contribution < -0.4 is 16.0 Å². The quantitative estimate of drug-likeness (QED) is 0.278. The predicted molar refractivity (Wildman–Crippen MR) is 159 cm³/mol. The summed E-state index contributed by atoms with van der Waals surface area (Å²) in [5.74, 6) is 0.418. The third-order valence-electron chi connectivity index (χ3n) is 8.66. The van der Waals surface area contributed by atoms with E-state index in [0.29, 0.717) is 43.4 Å². The van der Waals surface area contributed by atoms with Crippen molar-refractivity contribution in [1.29, 1.82) is 0 Å². The van der Waals surface area contributed by atoms with Gasteiger partial charge in [-0.25, -0.2) is 9.59 Å². The maximum Gasteiger partial charge on any atom is 0.407 e. The molecule has 1 aliphatic carbocycles. The fourth-order valence-corrected chi connectivity index (χ4v) is 6.88. The summed E-state index contributed by atoms with van der Waals surface area (Å²) >= 11 is 6.42. The smallest absolute Gasteiger partial charge is 0.407 e. The first-order valence-corrected chi connectivity index (χ1v) is 15.2. The van der Waals surface area contributed by atoms with Gasteiger partial charge in [0, 0.05) is 57.1 Å². The number of benzene rings is 1. The molecule has 40 heavy (non-hydrogen) atoms. The van der Waals surface area contributed by atoms with E-state index >= 15 is 0 Å². The molecule has 0 radical (unpaired) electrons. The molecule has 1 saturated carbocycles. The second-order valence-electron chi connectivity index (χ2n) is 11.7. The SMILES string of the molecule is CNC[C@H](CC1CCCCC1)NC(=O)N1CCC[C@@H]([C@](CCCN(C)C(=O)O)(NC(C)=O)c2cccc(Cl)c2)C1. The van der Waals surface area contributed by atoms with E-state index in [-0.39, 0.29) is 23.9 Å². The van der Waals surface area contributed by atoms with Crippen LogP contribution in [0, 0.1) is 11.8 Å². The molecule has 3 rings (SSSR count). The molecule has 1 aromatic rings. The molecule has 1 aromatic carbocycles. The number of halogens is 1. The Morgan fingerprint density at radius 1 is 1.18 bits per heavy atom. The van der Waals surface area contributed by atoms with Gasteiger partial charge in [0.15, 0.2) is 0 Å². The van der Waals surface area contributed by atoms with Gasteiger partial charge < -0.3 is 30.9 Å². The van der Waals surface area contributed by atoms with E-state index in [1.165, 1.54) is 43.9 Å². The largest absolute Gasteiger partial charge is 0.465 e. The van der Waals surface area contributed by atoms with Crippen molar-refractivity contribution in [3.63, 3.8) is 0 Å². The minimum atomic E-state index is -0.988. The van der Waals surface area contributed by atoms with Crippen LogP contribution in [0.25, 0.3) is 0 Å². The summed E-state index contributed by atoms with van der Waals surface area (Å²) in [6.45, 7) is 3.72. The number of carbonyl (C=O) groups is 3. The molecule has 0 unspecified atom stereocenters. The standard InChI is InChI=1S/C30H48ClN5O4/c1-22(37)34-30(15-9-16-35(3)29(39)40,24-12-7-14-26(31)19-24)25-13-8-17-36(21-25)28(38)33-27(20-32-2)18-23-10-5-4-6-11-23/h7,12,14,19,23,25,27,32H,4-6,8-11,13,15-18,20-21H2,1-3H3,(H,33,38)(H,34,37)(H,39,40)/t25-,27+,30-/m1/s1. The number of hydrogen-bond acceptors (Lipinski definition) is 4. The summed E-state index contributed by atoms with van der Waals surface area (Å²) in [5, 5.41) is 19.7. The van der Waals surface area contributed by atoms with Crippen LogP contribution in [0.15, 0.2) is 24.3 Å². The van der Waals surface area contributed by atoms with Crippen molar-refractivity contribution in [2.24, 2.45) is 11.8 Å². The number of nitrogens with zero attached hydrogens (tertiary/aromatic N) is 2. The lowest BCUT2D eigenvalue weighted by atomic mass is 9.71. The van der Waals surface area contributed by atoms with E-state index in [1.54, 1.807) is 13.1 Å². The monoisotopic (exact) mass is 577 g/mol. The van der Waals surface area contributed by atoms with E-state index in [4.69, 9.17) is 11.6 Å². The maximum absolute atomic E-state index is 13.6. The Morgan fingerprint density at radius 3 is 2.58 bits per heavy atom. The van der Waals surface area contributed by atoms with Gasteiger partial charge in [-0.1, -0.05) is 55.8 Å². The van der Waals surface area contributed by atoms with Crippen molar-refractivity contribution in [1.82, 2.24) is 25.8 Å². The molecule has 1 saturated heterocycles. The average Bonchev–Trinajstić information content (AvgIpc) is 2.93. The summed E-state index contributed by atoms with van der Waals surface area (Å²) in [5.41, 5.74) is 0.0902. The normalized spacial score (nSPS) is 20.3. The highest BCUT2D eigenvalue weighted by Gasteiger charge is 2.44. The summed E-state index contributed by atoms with van der Waals surface area (Å²) in [6, 6.07) is 7.53. The second kappa shape index (κ2) is 15.5. The first kappa shape index (κ1) is 32.0. The van der Waals surface area contributed by atoms with Crippen LogP contribution in [0.4, 0.5) is 9.59 Å². The molecular weight excluding hydrogens is 530 g/mol. The Hall–Kier alpha value is -2.52. The van der Waals surface area contributed by atoms with Crippen molar-refractivity contribution in [3.8, 4) is 0 Å². The van der Waals surface area contributed by atoms with Gasteiger partial charge in [0.25, 0.3) is 0 Å². The van der Waals surface area contributed by atoms with Gasteiger partial charge in [0.05, 0.1) is 5.54 Å². The number of likely N-dealkylation sites (tertiary alicyclic amines) is 1. The molecule has 9 nitrogen and oxygen atoms in total. The molecule has 10 heteroatoms. The highest BCUT2D eigenvalue weighted by molar-refractivity contribution is 6.30. The fraction of sp³-hybridized carbons (Fsp3) is 0.700. The van der Waals surface area contributed by atoms with E-state index in [9.17, 15) is 19.5 Å². The van der Waals surface area contributed by atoms with Gasteiger partial charge in [-0.15, -0.1) is 0 Å². The summed E-state index contributed by atoms with van der Waals surface area (Å²) in [7, 11) is 3.47. The minimum Gasteiger partial charge on any atom is -0.465 e. The van der Waals surface area contributed by atoms with Crippen molar-refractivity contribution >= 4 is 29.6 Å². The Morgan fingerprint density at radius 2 is 1.93 bits per heavy atom. The molecule has 224 valence electrons. The molecule has 3 atom stereocenters. The highest BCUT2D eigenvalue weighted by Crippen LogP contribution is 2.40. The highest BCUT2D eigenvalue weighted by atomic mass is 35.5. The summed E-state index contributed by atoms with van der Waals surface area (Å²) in [6.07, 6.45) is 9.03. The van der Waals surface area contributed by atoms with E-state index in [0.717, 1.165) is 31.4 Å². The second-order valence-corrected chi connectivity index (χ2v) is 12.1. The molecule has 0 spiro atoms. The molecule has 2 aliphatic rings. The zero-order chi connectivity index (χ0) is 29.1. The Balaban J connectivity index is 1.82. The van der Waals surface area contributed by atoms with Gasteiger partial charge in [-0.3, -0.25) is 4.79 Å². The van der Waals surface area contributed by atoms with Gasteiger partial charge in [-0.2, -0.15) is 0 Å². The number of urea groups is 1. The van der Waals surface area contributed by atoms with Crippen LogP contribution in [0.2, 0.25) is 5.02 Å². The van der Waals surface area contributed by atoms with Crippen molar-refractivity contribution < 1.29 is 19.5 Å². The van der Waals surface area contributed by atoms with E-state index in [2.05, 4.69) is 16.0 Å². The van der Waals surface area contributed by atoms with E-state index in [1.807, 2.05) is 30.1 Å². The van der Waals surface area contributed by atoms with Crippen LogP contribution in [0.5, 0.6) is 0 Å². The maximum atomic E-state index is 13.6. The topological polar surface area (TPSA) is 114 Å². The number of carbonyl (C=O) groups excluding carboxylic acids is 2. The number of amides is 4. The number of rotatable bonds is 12. The minimum absolute atomic E-state index is 0.0609. The number of piperidine rings is 1. The zero-order valence-electron chi connectivity index (χ0n) is 24.4. The lowest BCUT2D eigenvalue weighted by molar-refractivity contribution is -0.122. The number of nitrogens with one attached hydrogen (secondary N) is 3. The number of carboxylic acid groups (broad SMARTS) is 1. The zero-order valence-corrected chi connectivity index (χ0v) is 25.1. The predicted octanol–water partition coefficient (Wildman–Crippen LogP) is 5.04. The van der Waals surface area contributed by atoms with E-state index < -0.39 is 11.6 Å². The summed E-state index contributed by atoms with van der Waals surface area (Å²) in [4.78, 5) is 40.8. The number of likely N-dealkylation sites (N-methyl/N-ethyl adjacent to an activating group) is 1. The molecular formula is C30H48ClN5O4. The molecule has 0 bridgehead atoms. The summed E-state index contributed by atoms with van der Waals surface area (Å²) < 4.78 is 0. The van der Waals surface area contributed by atoms with Crippen LogP contribution in [0.3, 0.4) is 0 Å². The molecule has 1 heterocycles. The van der Waals surface area contributed by atoms with Crippen LogP contribution in [-0.2, 0) is 10.3 Å². The average molecular weight is 578 g/mol. The van der Waals surface area contributed by atoms with Crippen LogP contribution >= 0.6 is 11.6 Å². The first-order valence-electron chi connectivity index (χ1n) is 14.8. The number of hydrogen-bond donors (Lipinski definition) is 4. The van der Waals surface area contributed by atoms with Gasteiger partial charge in [0.2, 0.25) is 5.91 Å². The molecule has 4 N–H and O–H groups in total. The Kier molecular flexibility index (Phi) is 12.4. The lowest BCUT2D eigenvalue weighted by Crippen LogP contribution is -2.58. The van der Waals surface area contributed by atoms with Crippen LogP contribution in [0.1, 0.15) is 76.7 Å². The Labute approximate surface area is 244 Å². The van der Waals surface area contributed by atoms with Crippen molar-refractivity contribution in [2.45, 2.75) is 82.7 Å². The van der Waals surface area contributed by atoms with Crippen molar-refractivity contribution in [3.05, 3.63) is 34.9 Å². The van der Waals surface area contributed by atoms with Gasteiger partial charge >= 0.3 is 12.1 Å². The first-order chi connectivity index (χ1) is 19.1. The third kappa shape index (κ3) is 8.99. The molecule has 1 aliphatic heterocycles. The molecule has 4 amide bonds. The lowest BCUT2D eigenvalue weighted by Gasteiger charge is -2.47. The molecule has 0 aromatic heterocycles. The van der Waals surface area contributed by atoms with Gasteiger partial charge in [-0.05, 0) is 62.8 Å². The van der Waals surface area contributed by atoms with Gasteiger partial charge in [0.1, 0.15) is 0 Å².